The molecule has 0 aliphatic heterocycles. The number of benzene rings is 1. The molecule has 2 rings (SSSR count). The number of amides is 1. The Labute approximate surface area is 153 Å². The van der Waals surface area contributed by atoms with Gasteiger partial charge in [0, 0.05) is 12.6 Å². The monoisotopic (exact) mass is 370 g/mol. The largest absolute Gasteiger partial charge is 0.444 e. The van der Waals surface area contributed by atoms with Gasteiger partial charge in [0.15, 0.2) is 0 Å². The van der Waals surface area contributed by atoms with E-state index >= 15 is 0 Å². The summed E-state index contributed by atoms with van der Waals surface area (Å²) < 4.78 is 32.1. The Morgan fingerprint density at radius 2 is 1.88 bits per heavy atom. The van der Waals surface area contributed by atoms with Crippen LogP contribution in [0.3, 0.4) is 0 Å². The molecular weight excluding hydrogens is 342 g/mol. The molecule has 0 saturated heterocycles. The van der Waals surface area contributed by atoms with E-state index in [9.17, 15) is 18.7 Å². The number of nitrogens with one attached hydrogen (secondary N) is 2. The van der Waals surface area contributed by atoms with Crippen LogP contribution in [-0.2, 0) is 11.2 Å². The number of ether oxygens (including phenoxy) is 1. The molecule has 0 bridgehead atoms. The topological polar surface area (TPSA) is 70.6 Å². The Balaban J connectivity index is 2.01. The third-order valence-corrected chi connectivity index (χ3v) is 4.03. The van der Waals surface area contributed by atoms with Gasteiger partial charge in [-0.3, -0.25) is 0 Å². The second-order valence-corrected chi connectivity index (χ2v) is 7.90. The number of aliphatic hydroxyl groups excluding tert-OH is 1. The Bertz CT molecular complexity index is 595. The highest BCUT2D eigenvalue weighted by atomic mass is 19.1. The number of aliphatic hydroxyl groups is 1. The first kappa shape index (κ1) is 20.6. The molecule has 1 amide bonds. The average Bonchev–Trinajstić information content (AvgIpc) is 3.27. The maximum Gasteiger partial charge on any atom is 0.407 e. The second-order valence-electron chi connectivity index (χ2n) is 7.90. The normalized spacial score (nSPS) is 16.8. The molecule has 1 aromatic rings. The van der Waals surface area contributed by atoms with E-state index in [-0.39, 0.29) is 13.0 Å². The SMILES string of the molecule is CC(C)(C)OC(=O)NC(Cc1cc(F)cc(F)c1)C(O)CNCC1CC1. The van der Waals surface area contributed by atoms with Crippen LogP contribution in [0.2, 0.25) is 0 Å². The molecule has 2 atom stereocenters. The van der Waals surface area contributed by atoms with Crippen LogP contribution in [-0.4, -0.2) is 42.0 Å². The van der Waals surface area contributed by atoms with E-state index in [2.05, 4.69) is 10.6 Å². The van der Waals surface area contributed by atoms with E-state index in [1.807, 2.05) is 0 Å². The molecule has 0 heterocycles. The van der Waals surface area contributed by atoms with Crippen LogP contribution >= 0.6 is 0 Å². The van der Waals surface area contributed by atoms with Gasteiger partial charge in [-0.15, -0.1) is 0 Å². The zero-order chi connectivity index (χ0) is 19.3. The Kier molecular flexibility index (Phi) is 6.94. The summed E-state index contributed by atoms with van der Waals surface area (Å²) in [5.41, 5.74) is -0.334. The van der Waals surface area contributed by atoms with E-state index in [1.54, 1.807) is 20.8 Å². The first-order chi connectivity index (χ1) is 12.1. The van der Waals surface area contributed by atoms with E-state index < -0.39 is 35.5 Å². The minimum Gasteiger partial charge on any atom is -0.444 e. The van der Waals surface area contributed by atoms with Crippen molar-refractivity contribution in [3.63, 3.8) is 0 Å². The molecule has 0 radical (unpaired) electrons. The van der Waals surface area contributed by atoms with Gasteiger partial charge in [-0.25, -0.2) is 13.6 Å². The van der Waals surface area contributed by atoms with Gasteiger partial charge < -0.3 is 20.5 Å². The van der Waals surface area contributed by atoms with Gasteiger partial charge in [0.25, 0.3) is 0 Å². The Morgan fingerprint density at radius 3 is 2.42 bits per heavy atom. The number of alkyl carbamates (subject to hydrolysis) is 1. The Hall–Kier alpha value is -1.73. The lowest BCUT2D eigenvalue weighted by Gasteiger charge is -2.27. The fourth-order valence-electron chi connectivity index (χ4n) is 2.62. The first-order valence-corrected chi connectivity index (χ1v) is 8.95. The summed E-state index contributed by atoms with van der Waals surface area (Å²) in [4.78, 5) is 12.1. The molecule has 1 aliphatic carbocycles. The molecule has 0 aromatic heterocycles. The van der Waals surface area contributed by atoms with E-state index in [1.165, 1.54) is 25.0 Å². The molecule has 2 unspecified atom stereocenters. The van der Waals surface area contributed by atoms with Gasteiger partial charge in [-0.05, 0) is 70.2 Å². The lowest BCUT2D eigenvalue weighted by atomic mass is 10.0. The highest BCUT2D eigenvalue weighted by Gasteiger charge is 2.26. The molecule has 1 aliphatic rings. The van der Waals surface area contributed by atoms with Crippen molar-refractivity contribution in [2.75, 3.05) is 13.1 Å². The highest BCUT2D eigenvalue weighted by Crippen LogP contribution is 2.27. The molecule has 146 valence electrons. The quantitative estimate of drug-likeness (QED) is 0.658. The van der Waals surface area contributed by atoms with Crippen molar-refractivity contribution < 1.29 is 23.4 Å². The molecule has 0 spiro atoms. The number of rotatable bonds is 8. The van der Waals surface area contributed by atoms with Crippen molar-refractivity contribution in [2.45, 2.75) is 57.8 Å². The van der Waals surface area contributed by atoms with E-state index in [0.29, 0.717) is 11.5 Å². The average molecular weight is 370 g/mol. The van der Waals surface area contributed by atoms with Crippen molar-refractivity contribution in [1.29, 1.82) is 0 Å². The van der Waals surface area contributed by atoms with Crippen LogP contribution < -0.4 is 10.6 Å². The van der Waals surface area contributed by atoms with Crippen LogP contribution in [0.5, 0.6) is 0 Å². The number of carbonyl (C=O) groups is 1. The first-order valence-electron chi connectivity index (χ1n) is 8.95. The number of hydrogen-bond donors (Lipinski definition) is 3. The Morgan fingerprint density at radius 1 is 1.27 bits per heavy atom. The van der Waals surface area contributed by atoms with E-state index in [0.717, 1.165) is 12.6 Å². The van der Waals surface area contributed by atoms with Crippen LogP contribution in [0.25, 0.3) is 0 Å². The molecule has 5 nitrogen and oxygen atoms in total. The zero-order valence-electron chi connectivity index (χ0n) is 15.5. The molecule has 1 saturated carbocycles. The fraction of sp³-hybridized carbons (Fsp3) is 0.632. The minimum atomic E-state index is -0.924. The summed E-state index contributed by atoms with van der Waals surface area (Å²) in [6, 6.07) is 2.43. The zero-order valence-corrected chi connectivity index (χ0v) is 15.5. The van der Waals surface area contributed by atoms with Crippen molar-refractivity contribution in [1.82, 2.24) is 10.6 Å². The van der Waals surface area contributed by atoms with Gasteiger partial charge >= 0.3 is 6.09 Å². The summed E-state index contributed by atoms with van der Waals surface area (Å²) in [5.74, 6) is -0.744. The third kappa shape index (κ3) is 7.66. The van der Waals surface area contributed by atoms with Crippen molar-refractivity contribution in [3.8, 4) is 0 Å². The predicted octanol–water partition coefficient (Wildman–Crippen LogP) is 2.76. The number of hydrogen-bond acceptors (Lipinski definition) is 4. The van der Waals surface area contributed by atoms with Crippen molar-refractivity contribution >= 4 is 6.09 Å². The minimum absolute atomic E-state index is 0.0835. The van der Waals surface area contributed by atoms with Crippen LogP contribution in [0, 0.1) is 17.6 Å². The van der Waals surface area contributed by atoms with Crippen molar-refractivity contribution in [2.24, 2.45) is 5.92 Å². The predicted molar refractivity (Wildman–Crippen MR) is 94.8 cm³/mol. The van der Waals surface area contributed by atoms with Gasteiger partial charge in [0.1, 0.15) is 17.2 Å². The third-order valence-electron chi connectivity index (χ3n) is 4.03. The van der Waals surface area contributed by atoms with Crippen molar-refractivity contribution in [3.05, 3.63) is 35.4 Å². The van der Waals surface area contributed by atoms with Crippen LogP contribution in [0.1, 0.15) is 39.2 Å². The van der Waals surface area contributed by atoms with Gasteiger partial charge in [-0.1, -0.05) is 0 Å². The van der Waals surface area contributed by atoms with Crippen LogP contribution in [0.15, 0.2) is 18.2 Å². The summed E-state index contributed by atoms with van der Waals surface area (Å²) >= 11 is 0. The summed E-state index contributed by atoms with van der Waals surface area (Å²) in [5, 5.41) is 16.3. The lowest BCUT2D eigenvalue weighted by molar-refractivity contribution is 0.0422. The highest BCUT2D eigenvalue weighted by molar-refractivity contribution is 5.68. The standard InChI is InChI=1S/C19H28F2N2O3/c1-19(2,3)26-18(25)23-16(17(24)11-22-10-12-4-5-12)8-13-6-14(20)9-15(21)7-13/h6-7,9,12,16-17,22,24H,4-5,8,10-11H2,1-3H3,(H,23,25). The molecular formula is C19H28F2N2O3. The van der Waals surface area contributed by atoms with Gasteiger partial charge in [-0.2, -0.15) is 0 Å². The number of carbonyl (C=O) groups excluding carboxylic acids is 1. The fourth-order valence-corrected chi connectivity index (χ4v) is 2.62. The maximum atomic E-state index is 13.4. The van der Waals surface area contributed by atoms with E-state index in [4.69, 9.17) is 4.74 Å². The molecule has 1 aromatic carbocycles. The van der Waals surface area contributed by atoms with Gasteiger partial charge in [0.2, 0.25) is 0 Å². The molecule has 26 heavy (non-hydrogen) atoms. The molecule has 3 N–H and O–H groups in total. The number of halogens is 2. The maximum absolute atomic E-state index is 13.4. The summed E-state index contributed by atoms with van der Waals surface area (Å²) in [7, 11) is 0. The second kappa shape index (κ2) is 8.77. The summed E-state index contributed by atoms with van der Waals surface area (Å²) in [6.07, 6.45) is 0.852. The van der Waals surface area contributed by atoms with Crippen LogP contribution in [0.4, 0.5) is 13.6 Å². The summed E-state index contributed by atoms with van der Waals surface area (Å²) in [6.45, 7) is 6.28. The van der Waals surface area contributed by atoms with Gasteiger partial charge in [0.05, 0.1) is 12.1 Å². The molecule has 7 heteroatoms. The smallest absolute Gasteiger partial charge is 0.407 e. The lowest BCUT2D eigenvalue weighted by Crippen LogP contribution is -2.50. The molecule has 1 fully saturated rings.